The Morgan fingerprint density at radius 3 is 2.75 bits per heavy atom. The first-order valence-corrected chi connectivity index (χ1v) is 8.77. The summed E-state index contributed by atoms with van der Waals surface area (Å²) in [5, 5.41) is 1.24. The van der Waals surface area contributed by atoms with Gasteiger partial charge in [0.05, 0.1) is 15.9 Å². The summed E-state index contributed by atoms with van der Waals surface area (Å²) in [6, 6.07) is 7.77. The second-order valence-electron chi connectivity index (χ2n) is 4.65. The number of hydrogen-bond acceptors (Lipinski definition) is 3. The lowest BCUT2D eigenvalue weighted by Gasteiger charge is -2.07. The van der Waals surface area contributed by atoms with Crippen LogP contribution in [0.3, 0.4) is 0 Å². The highest BCUT2D eigenvalue weighted by atomic mass is 79.9. The third-order valence-corrected chi connectivity index (χ3v) is 5.52. The SMILES string of the molecule is Clc1cccc(SCc2nc(Cl)c(Br)c(C3CC3)n2)c1. The molecule has 0 radical (unpaired) electrons. The van der Waals surface area contributed by atoms with Gasteiger partial charge in [0, 0.05) is 15.8 Å². The summed E-state index contributed by atoms with van der Waals surface area (Å²) in [5.74, 6) is 2.00. The van der Waals surface area contributed by atoms with E-state index in [0.717, 1.165) is 25.9 Å². The van der Waals surface area contributed by atoms with Crippen LogP contribution in [0.1, 0.15) is 30.3 Å². The lowest BCUT2D eigenvalue weighted by Crippen LogP contribution is -1.99. The fourth-order valence-corrected chi connectivity index (χ4v) is 3.64. The van der Waals surface area contributed by atoms with E-state index in [2.05, 4.69) is 25.9 Å². The molecule has 0 spiro atoms. The van der Waals surface area contributed by atoms with E-state index < -0.39 is 0 Å². The van der Waals surface area contributed by atoms with E-state index in [0.29, 0.717) is 16.8 Å². The van der Waals surface area contributed by atoms with Crippen LogP contribution in [-0.4, -0.2) is 9.97 Å². The average molecular weight is 390 g/mol. The monoisotopic (exact) mass is 388 g/mol. The normalized spacial score (nSPS) is 14.6. The van der Waals surface area contributed by atoms with Crippen LogP contribution in [0.4, 0.5) is 0 Å². The lowest BCUT2D eigenvalue weighted by molar-refractivity contribution is 0.920. The Bertz CT molecular complexity index is 647. The maximum absolute atomic E-state index is 6.17. The van der Waals surface area contributed by atoms with E-state index in [9.17, 15) is 0 Å². The van der Waals surface area contributed by atoms with Crippen molar-refractivity contribution >= 4 is 50.9 Å². The molecule has 1 saturated carbocycles. The van der Waals surface area contributed by atoms with Gasteiger partial charge in [0.15, 0.2) is 0 Å². The van der Waals surface area contributed by atoms with Gasteiger partial charge in [0.25, 0.3) is 0 Å². The number of rotatable bonds is 4. The first-order valence-electron chi connectivity index (χ1n) is 6.23. The van der Waals surface area contributed by atoms with Gasteiger partial charge in [0.2, 0.25) is 0 Å². The number of thioether (sulfide) groups is 1. The molecule has 0 bridgehead atoms. The molecule has 0 N–H and O–H groups in total. The van der Waals surface area contributed by atoms with E-state index in [-0.39, 0.29) is 0 Å². The molecule has 104 valence electrons. The summed E-state index contributed by atoms with van der Waals surface area (Å²) in [7, 11) is 0. The van der Waals surface area contributed by atoms with Crippen molar-refractivity contribution in [1.29, 1.82) is 0 Å². The van der Waals surface area contributed by atoms with E-state index in [1.54, 1.807) is 11.8 Å². The number of halogens is 3. The zero-order chi connectivity index (χ0) is 14.1. The Morgan fingerprint density at radius 1 is 1.25 bits per heavy atom. The molecule has 1 aromatic heterocycles. The predicted molar refractivity (Wildman–Crippen MR) is 87.7 cm³/mol. The van der Waals surface area contributed by atoms with Crippen molar-refractivity contribution in [3.05, 3.63) is 50.4 Å². The van der Waals surface area contributed by atoms with Gasteiger partial charge in [-0.1, -0.05) is 29.3 Å². The van der Waals surface area contributed by atoms with Gasteiger partial charge in [-0.2, -0.15) is 0 Å². The molecule has 3 rings (SSSR count). The Labute approximate surface area is 140 Å². The molecule has 2 aromatic rings. The fraction of sp³-hybridized carbons (Fsp3) is 0.286. The third kappa shape index (κ3) is 3.48. The Morgan fingerprint density at radius 2 is 2.05 bits per heavy atom. The van der Waals surface area contributed by atoms with Crippen LogP contribution in [0.25, 0.3) is 0 Å². The molecular formula is C14H11BrCl2N2S. The minimum atomic E-state index is 0.503. The molecule has 2 nitrogen and oxygen atoms in total. The maximum Gasteiger partial charge on any atom is 0.147 e. The molecule has 1 aromatic carbocycles. The smallest absolute Gasteiger partial charge is 0.147 e. The van der Waals surface area contributed by atoms with Gasteiger partial charge in [-0.15, -0.1) is 11.8 Å². The molecule has 1 aliphatic rings. The molecule has 1 heterocycles. The lowest BCUT2D eigenvalue weighted by atomic mass is 10.3. The number of nitrogens with zero attached hydrogens (tertiary/aromatic N) is 2. The van der Waals surface area contributed by atoms with Crippen molar-refractivity contribution in [1.82, 2.24) is 9.97 Å². The highest BCUT2D eigenvalue weighted by Crippen LogP contribution is 2.43. The van der Waals surface area contributed by atoms with Gasteiger partial charge < -0.3 is 0 Å². The summed E-state index contributed by atoms with van der Waals surface area (Å²) in [5.41, 5.74) is 1.05. The van der Waals surface area contributed by atoms with Crippen LogP contribution in [0.5, 0.6) is 0 Å². The third-order valence-electron chi connectivity index (χ3n) is 3.01. The zero-order valence-electron chi connectivity index (χ0n) is 10.4. The molecule has 1 fully saturated rings. The van der Waals surface area contributed by atoms with Gasteiger partial charge in [-0.3, -0.25) is 0 Å². The first-order chi connectivity index (χ1) is 9.63. The summed E-state index contributed by atoms with van der Waals surface area (Å²) < 4.78 is 0.846. The molecule has 0 unspecified atom stereocenters. The molecule has 0 saturated heterocycles. The molecule has 0 aliphatic heterocycles. The van der Waals surface area contributed by atoms with E-state index in [1.165, 1.54) is 12.8 Å². The minimum absolute atomic E-state index is 0.503. The van der Waals surface area contributed by atoms with Gasteiger partial charge in [0.1, 0.15) is 11.0 Å². The molecular weight excluding hydrogens is 379 g/mol. The Balaban J connectivity index is 1.77. The minimum Gasteiger partial charge on any atom is -0.235 e. The predicted octanol–water partition coefficient (Wildman–Crippen LogP) is 5.72. The van der Waals surface area contributed by atoms with Crippen molar-refractivity contribution in [2.75, 3.05) is 0 Å². The summed E-state index contributed by atoms with van der Waals surface area (Å²) in [6.45, 7) is 0. The average Bonchev–Trinajstić information content (AvgIpc) is 3.24. The van der Waals surface area contributed by atoms with Crippen molar-refractivity contribution in [3.63, 3.8) is 0 Å². The van der Waals surface area contributed by atoms with Crippen LogP contribution in [0, 0.1) is 0 Å². The maximum atomic E-state index is 6.17. The summed E-state index contributed by atoms with van der Waals surface area (Å²) in [4.78, 5) is 10.1. The van der Waals surface area contributed by atoms with Crippen LogP contribution < -0.4 is 0 Å². The summed E-state index contributed by atoms with van der Waals surface area (Å²) >= 11 is 17.3. The second kappa shape index (κ2) is 6.22. The topological polar surface area (TPSA) is 25.8 Å². The van der Waals surface area contributed by atoms with Crippen molar-refractivity contribution in [3.8, 4) is 0 Å². The van der Waals surface area contributed by atoms with Crippen LogP contribution in [0.2, 0.25) is 10.2 Å². The van der Waals surface area contributed by atoms with E-state index in [1.807, 2.05) is 24.3 Å². The largest absolute Gasteiger partial charge is 0.235 e. The van der Waals surface area contributed by atoms with Crippen molar-refractivity contribution < 1.29 is 0 Å². The van der Waals surface area contributed by atoms with Gasteiger partial charge in [-0.05, 0) is 47.0 Å². The standard InChI is InChI=1S/C14H11BrCl2N2S/c15-12-13(8-4-5-8)18-11(19-14(12)17)7-20-10-3-1-2-9(16)6-10/h1-3,6,8H,4-5,7H2. The molecule has 0 amide bonds. The summed E-state index contributed by atoms with van der Waals surface area (Å²) in [6.07, 6.45) is 2.37. The van der Waals surface area contributed by atoms with Crippen molar-refractivity contribution in [2.45, 2.75) is 29.4 Å². The van der Waals surface area contributed by atoms with Gasteiger partial charge >= 0.3 is 0 Å². The quantitative estimate of drug-likeness (QED) is 0.494. The Hall–Kier alpha value is -0.290. The van der Waals surface area contributed by atoms with E-state index in [4.69, 9.17) is 23.2 Å². The van der Waals surface area contributed by atoms with E-state index >= 15 is 0 Å². The molecule has 6 heteroatoms. The molecule has 0 atom stereocenters. The highest BCUT2D eigenvalue weighted by molar-refractivity contribution is 9.10. The first kappa shape index (κ1) is 14.6. The van der Waals surface area contributed by atoms with Gasteiger partial charge in [-0.25, -0.2) is 9.97 Å². The van der Waals surface area contributed by atoms with Crippen molar-refractivity contribution in [2.24, 2.45) is 0 Å². The molecule has 20 heavy (non-hydrogen) atoms. The fourth-order valence-electron chi connectivity index (χ4n) is 1.88. The van der Waals surface area contributed by atoms with Crippen LogP contribution in [0.15, 0.2) is 33.6 Å². The highest BCUT2D eigenvalue weighted by Gasteiger charge is 2.29. The second-order valence-corrected chi connectivity index (χ2v) is 7.29. The zero-order valence-corrected chi connectivity index (χ0v) is 14.4. The number of benzene rings is 1. The number of hydrogen-bond donors (Lipinski definition) is 0. The van der Waals surface area contributed by atoms with Crippen LogP contribution >= 0.6 is 50.9 Å². The Kier molecular flexibility index (Phi) is 4.55. The van der Waals surface area contributed by atoms with Crippen LogP contribution in [-0.2, 0) is 5.75 Å². The number of aromatic nitrogens is 2. The molecule has 1 aliphatic carbocycles.